The Labute approximate surface area is 168 Å². The van der Waals surface area contributed by atoms with E-state index >= 15 is 0 Å². The maximum absolute atomic E-state index is 12.0. The van der Waals surface area contributed by atoms with Gasteiger partial charge < -0.3 is 18.7 Å². The predicted molar refractivity (Wildman–Crippen MR) is 107 cm³/mol. The van der Waals surface area contributed by atoms with Crippen LogP contribution in [0.15, 0.2) is 53.1 Å². The summed E-state index contributed by atoms with van der Waals surface area (Å²) in [6.07, 6.45) is 3.86. The molecule has 150 valence electrons. The third kappa shape index (κ3) is 5.22. The first-order chi connectivity index (χ1) is 14.1. The van der Waals surface area contributed by atoms with E-state index in [2.05, 4.69) is 17.1 Å². The molecule has 0 aliphatic heterocycles. The number of methoxy groups -OCH3 is 2. The van der Waals surface area contributed by atoms with Crippen molar-refractivity contribution in [2.45, 2.75) is 20.0 Å². The lowest BCUT2D eigenvalue weighted by Crippen LogP contribution is -2.01. The van der Waals surface area contributed by atoms with E-state index in [0.29, 0.717) is 22.9 Å². The maximum Gasteiger partial charge on any atom is 0.331 e. The molecular formula is C22H22N2O5. The van der Waals surface area contributed by atoms with Gasteiger partial charge in [0.15, 0.2) is 6.61 Å². The fourth-order valence-corrected chi connectivity index (χ4v) is 2.63. The Morgan fingerprint density at radius 3 is 2.59 bits per heavy atom. The molecule has 1 heterocycles. The Kier molecular flexibility index (Phi) is 6.63. The van der Waals surface area contributed by atoms with Crippen molar-refractivity contribution in [1.29, 1.82) is 0 Å². The summed E-state index contributed by atoms with van der Waals surface area (Å²) in [5.41, 5.74) is 2.76. The molecule has 0 N–H and O–H groups in total. The average Bonchev–Trinajstić information content (AvgIpc) is 3.25. The van der Waals surface area contributed by atoms with E-state index in [9.17, 15) is 4.79 Å². The van der Waals surface area contributed by atoms with Crippen molar-refractivity contribution < 1.29 is 23.5 Å². The van der Waals surface area contributed by atoms with Crippen molar-refractivity contribution in [3.05, 3.63) is 65.6 Å². The minimum absolute atomic E-state index is 0.113. The molecule has 0 unspecified atom stereocenters. The molecule has 3 aromatic rings. The summed E-state index contributed by atoms with van der Waals surface area (Å²) in [7, 11) is 3.13. The number of nitrogens with zero attached hydrogens (tertiary/aromatic N) is 2. The monoisotopic (exact) mass is 394 g/mol. The molecule has 7 nitrogen and oxygen atoms in total. The van der Waals surface area contributed by atoms with Crippen LogP contribution in [0.4, 0.5) is 0 Å². The lowest BCUT2D eigenvalue weighted by Gasteiger charge is -2.07. The van der Waals surface area contributed by atoms with Crippen molar-refractivity contribution >= 4 is 12.0 Å². The summed E-state index contributed by atoms with van der Waals surface area (Å²) in [5.74, 6) is 1.41. The molecule has 0 aliphatic rings. The van der Waals surface area contributed by atoms with Crippen LogP contribution in [-0.2, 0) is 22.6 Å². The molecular weight excluding hydrogens is 372 g/mol. The quantitative estimate of drug-likeness (QED) is 0.420. The van der Waals surface area contributed by atoms with Crippen molar-refractivity contribution in [2.24, 2.45) is 0 Å². The van der Waals surface area contributed by atoms with Crippen LogP contribution in [0.5, 0.6) is 11.5 Å². The highest BCUT2D eigenvalue weighted by Gasteiger charge is 2.10. The molecule has 3 rings (SSSR count). The van der Waals surface area contributed by atoms with Gasteiger partial charge in [-0.05, 0) is 36.3 Å². The maximum atomic E-state index is 12.0. The zero-order valence-electron chi connectivity index (χ0n) is 16.5. The first-order valence-corrected chi connectivity index (χ1v) is 9.11. The number of esters is 1. The Morgan fingerprint density at radius 2 is 1.90 bits per heavy atom. The third-order valence-electron chi connectivity index (χ3n) is 4.26. The van der Waals surface area contributed by atoms with Gasteiger partial charge in [0.1, 0.15) is 11.5 Å². The second-order valence-electron chi connectivity index (χ2n) is 6.11. The van der Waals surface area contributed by atoms with Crippen LogP contribution in [0, 0.1) is 0 Å². The van der Waals surface area contributed by atoms with Crippen LogP contribution in [0.25, 0.3) is 17.5 Å². The van der Waals surface area contributed by atoms with Crippen molar-refractivity contribution in [2.75, 3.05) is 14.2 Å². The molecule has 0 radical (unpaired) electrons. The molecule has 7 heteroatoms. The lowest BCUT2D eigenvalue weighted by atomic mass is 10.1. The van der Waals surface area contributed by atoms with E-state index in [-0.39, 0.29) is 12.5 Å². The standard InChI is InChI=1S/C22H22N2O5/c1-4-15-5-7-16(8-6-15)22-23-20(29-24-22)14-28-21(25)12-9-17-13-18(26-2)10-11-19(17)27-3/h5-13H,4,14H2,1-3H3/b12-9+. The Hall–Kier alpha value is -3.61. The van der Waals surface area contributed by atoms with Crippen LogP contribution < -0.4 is 9.47 Å². The zero-order valence-corrected chi connectivity index (χ0v) is 16.5. The Bertz CT molecular complexity index is 993. The van der Waals surface area contributed by atoms with Gasteiger partial charge >= 0.3 is 5.97 Å². The van der Waals surface area contributed by atoms with Crippen molar-refractivity contribution in [3.8, 4) is 22.9 Å². The molecule has 29 heavy (non-hydrogen) atoms. The Morgan fingerprint density at radius 1 is 1.10 bits per heavy atom. The fraction of sp³-hybridized carbons (Fsp3) is 0.227. The highest BCUT2D eigenvalue weighted by Crippen LogP contribution is 2.25. The molecule has 0 amide bonds. The van der Waals surface area contributed by atoms with Gasteiger partial charge in [0.2, 0.25) is 5.82 Å². The Balaban J connectivity index is 1.60. The summed E-state index contributed by atoms with van der Waals surface area (Å²) in [4.78, 5) is 16.3. The van der Waals surface area contributed by atoms with Gasteiger partial charge in [-0.25, -0.2) is 4.79 Å². The number of rotatable bonds is 8. The van der Waals surface area contributed by atoms with E-state index in [1.807, 2.05) is 24.3 Å². The average molecular weight is 394 g/mol. The first-order valence-electron chi connectivity index (χ1n) is 9.11. The number of hydrogen-bond donors (Lipinski definition) is 0. The first kappa shape index (κ1) is 20.1. The smallest absolute Gasteiger partial charge is 0.331 e. The van der Waals surface area contributed by atoms with Crippen LogP contribution in [0.2, 0.25) is 0 Å². The molecule has 0 saturated heterocycles. The van der Waals surface area contributed by atoms with E-state index in [4.69, 9.17) is 18.7 Å². The number of hydrogen-bond acceptors (Lipinski definition) is 7. The summed E-state index contributed by atoms with van der Waals surface area (Å²) < 4.78 is 20.8. The SMILES string of the molecule is CCc1ccc(-c2noc(COC(=O)/C=C/c3cc(OC)ccc3OC)n2)cc1. The normalized spacial score (nSPS) is 10.9. The van der Waals surface area contributed by atoms with Crippen LogP contribution in [0.3, 0.4) is 0 Å². The molecule has 0 spiro atoms. The fourth-order valence-electron chi connectivity index (χ4n) is 2.63. The molecule has 0 aliphatic carbocycles. The minimum atomic E-state index is -0.540. The van der Waals surface area contributed by atoms with E-state index in [0.717, 1.165) is 12.0 Å². The van der Waals surface area contributed by atoms with Crippen LogP contribution >= 0.6 is 0 Å². The summed E-state index contributed by atoms with van der Waals surface area (Å²) in [6, 6.07) is 13.2. The predicted octanol–water partition coefficient (Wildman–Crippen LogP) is 4.07. The molecule has 0 atom stereocenters. The second-order valence-corrected chi connectivity index (χ2v) is 6.11. The van der Waals surface area contributed by atoms with E-state index in [1.165, 1.54) is 11.6 Å². The number of carbonyl (C=O) groups excluding carboxylic acids is 1. The molecule has 0 saturated carbocycles. The van der Waals surface area contributed by atoms with Gasteiger partial charge in [-0.2, -0.15) is 4.98 Å². The summed E-state index contributed by atoms with van der Waals surface area (Å²) in [5, 5.41) is 3.93. The molecule has 0 bridgehead atoms. The van der Waals surface area contributed by atoms with E-state index in [1.54, 1.807) is 38.5 Å². The second kappa shape index (κ2) is 9.54. The van der Waals surface area contributed by atoms with E-state index < -0.39 is 5.97 Å². The van der Waals surface area contributed by atoms with Gasteiger partial charge in [0.05, 0.1) is 14.2 Å². The van der Waals surface area contributed by atoms with Gasteiger partial charge in [-0.3, -0.25) is 0 Å². The molecule has 1 aromatic heterocycles. The van der Waals surface area contributed by atoms with Gasteiger partial charge in [0, 0.05) is 17.2 Å². The largest absolute Gasteiger partial charge is 0.497 e. The van der Waals surface area contributed by atoms with Crippen molar-refractivity contribution in [3.63, 3.8) is 0 Å². The zero-order chi connectivity index (χ0) is 20.6. The number of carbonyl (C=O) groups is 1. The summed E-state index contributed by atoms with van der Waals surface area (Å²) in [6.45, 7) is 1.98. The highest BCUT2D eigenvalue weighted by molar-refractivity contribution is 5.87. The van der Waals surface area contributed by atoms with Crippen LogP contribution in [0.1, 0.15) is 23.9 Å². The number of ether oxygens (including phenoxy) is 3. The van der Waals surface area contributed by atoms with Crippen molar-refractivity contribution in [1.82, 2.24) is 10.1 Å². The number of aromatic nitrogens is 2. The van der Waals surface area contributed by atoms with Crippen LogP contribution in [-0.4, -0.2) is 30.3 Å². The van der Waals surface area contributed by atoms with Gasteiger partial charge in [-0.1, -0.05) is 36.3 Å². The molecule has 0 fully saturated rings. The minimum Gasteiger partial charge on any atom is -0.497 e. The van der Waals surface area contributed by atoms with Gasteiger partial charge in [-0.15, -0.1) is 0 Å². The highest BCUT2D eigenvalue weighted by atomic mass is 16.6. The molecule has 2 aromatic carbocycles. The number of benzene rings is 2. The topological polar surface area (TPSA) is 83.7 Å². The lowest BCUT2D eigenvalue weighted by molar-refractivity contribution is -0.139. The third-order valence-corrected chi connectivity index (χ3v) is 4.26. The van der Waals surface area contributed by atoms with Gasteiger partial charge in [0.25, 0.3) is 5.89 Å². The summed E-state index contributed by atoms with van der Waals surface area (Å²) >= 11 is 0. The number of aryl methyl sites for hydroxylation is 1.